The minimum absolute atomic E-state index is 0.115. The van der Waals surface area contributed by atoms with Gasteiger partial charge in [-0.1, -0.05) is 127 Å². The van der Waals surface area contributed by atoms with Gasteiger partial charge in [-0.25, -0.2) is 0 Å². The van der Waals surface area contributed by atoms with Gasteiger partial charge >= 0.3 is 0 Å². The van der Waals surface area contributed by atoms with E-state index in [2.05, 4.69) is 6.58 Å². The van der Waals surface area contributed by atoms with Crippen molar-refractivity contribution in [3.63, 3.8) is 0 Å². The first-order valence-electron chi connectivity index (χ1n) is 18.3. The smallest absolute Gasteiger partial charge is 0.187 e. The Hall–Kier alpha value is -3.82. The average Bonchev–Trinajstić information content (AvgIpc) is 3.22. The molecule has 2 heterocycles. The number of aliphatic hydroxyl groups is 3. The summed E-state index contributed by atoms with van der Waals surface area (Å²) in [5, 5.41) is 33.9. The molecule has 0 bridgehead atoms. The van der Waals surface area contributed by atoms with Gasteiger partial charge in [0.25, 0.3) is 0 Å². The summed E-state index contributed by atoms with van der Waals surface area (Å²) in [4.78, 5) is 0. The third-order valence-corrected chi connectivity index (χ3v) is 9.35. The topological polar surface area (TPSA) is 135 Å². The number of benzene rings is 4. The van der Waals surface area contributed by atoms with Crippen molar-refractivity contribution in [1.29, 1.82) is 0 Å². The number of ether oxygens (including phenoxy) is 8. The molecule has 3 N–H and O–H groups in total. The highest BCUT2D eigenvalue weighted by molar-refractivity contribution is 5.16. The van der Waals surface area contributed by atoms with E-state index in [1.54, 1.807) is 6.08 Å². The lowest BCUT2D eigenvalue weighted by Crippen LogP contribution is -2.63. The zero-order valence-corrected chi connectivity index (χ0v) is 30.2. The summed E-state index contributed by atoms with van der Waals surface area (Å²) in [6.45, 7) is 4.06. The molecule has 2 aliphatic rings. The van der Waals surface area contributed by atoms with E-state index in [-0.39, 0.29) is 39.6 Å². The minimum atomic E-state index is -1.33. The summed E-state index contributed by atoms with van der Waals surface area (Å²) in [5.74, 6) is 0. The third kappa shape index (κ3) is 10.9. The maximum absolute atomic E-state index is 11.8. The zero-order valence-electron chi connectivity index (χ0n) is 30.2. The standard InChI is InChI=1S/C43H50O11/c1-2-23-47-42-36(45)41(51-28-33-21-13-6-14-22-33)39(49-26-31-17-9-4-10-18-31)35(54-42)29-52-43-37(46)40(50-27-32-19-11-5-12-20-32)38(34(24-44)53-43)48-25-30-15-7-3-8-16-30/h2-22,34-46H,1,23-29H2/t34-,35-,36+,37+,38-,39-,40-,41-,42+,43+/m1/s1. The molecule has 11 heteroatoms. The Morgan fingerprint density at radius 2 is 0.833 bits per heavy atom. The van der Waals surface area contributed by atoms with E-state index in [4.69, 9.17) is 37.9 Å². The van der Waals surface area contributed by atoms with Gasteiger partial charge in [-0.3, -0.25) is 0 Å². The molecule has 0 saturated carbocycles. The van der Waals surface area contributed by atoms with Gasteiger partial charge in [-0.2, -0.15) is 0 Å². The van der Waals surface area contributed by atoms with Crippen LogP contribution in [0.3, 0.4) is 0 Å². The number of aliphatic hydroxyl groups excluding tert-OH is 3. The summed E-state index contributed by atoms with van der Waals surface area (Å²) >= 11 is 0. The fraction of sp³-hybridized carbons (Fsp3) is 0.395. The van der Waals surface area contributed by atoms with Gasteiger partial charge in [0.2, 0.25) is 0 Å². The van der Waals surface area contributed by atoms with Crippen LogP contribution in [-0.4, -0.2) is 96.6 Å². The molecule has 2 saturated heterocycles. The Morgan fingerprint density at radius 3 is 1.22 bits per heavy atom. The second-order valence-corrected chi connectivity index (χ2v) is 13.2. The maximum atomic E-state index is 11.8. The Bertz CT molecular complexity index is 1630. The van der Waals surface area contributed by atoms with Crippen LogP contribution in [0.1, 0.15) is 22.3 Å². The molecule has 54 heavy (non-hydrogen) atoms. The van der Waals surface area contributed by atoms with Crippen molar-refractivity contribution in [3.05, 3.63) is 156 Å². The molecule has 6 rings (SSSR count). The summed E-state index contributed by atoms with van der Waals surface area (Å²) < 4.78 is 50.1. The van der Waals surface area contributed by atoms with Gasteiger partial charge in [-0.15, -0.1) is 6.58 Å². The Labute approximate surface area is 316 Å². The molecule has 10 atom stereocenters. The van der Waals surface area contributed by atoms with Crippen molar-refractivity contribution in [2.75, 3.05) is 19.8 Å². The van der Waals surface area contributed by atoms with E-state index in [0.717, 1.165) is 22.3 Å². The van der Waals surface area contributed by atoms with Gasteiger partial charge in [0.15, 0.2) is 12.6 Å². The van der Waals surface area contributed by atoms with Crippen molar-refractivity contribution in [2.45, 2.75) is 87.8 Å². The summed E-state index contributed by atoms with van der Waals surface area (Å²) in [7, 11) is 0. The monoisotopic (exact) mass is 742 g/mol. The molecule has 0 spiro atoms. The molecule has 2 fully saturated rings. The molecule has 0 amide bonds. The highest BCUT2D eigenvalue weighted by Gasteiger charge is 2.50. The van der Waals surface area contributed by atoms with Crippen molar-refractivity contribution < 1.29 is 53.2 Å². The predicted octanol–water partition coefficient (Wildman–Crippen LogP) is 4.71. The second kappa shape index (κ2) is 20.7. The van der Waals surface area contributed by atoms with Gasteiger partial charge < -0.3 is 53.2 Å². The molecule has 0 unspecified atom stereocenters. The molecular weight excluding hydrogens is 692 g/mol. The molecular formula is C43H50O11. The van der Waals surface area contributed by atoms with Crippen molar-refractivity contribution >= 4 is 0 Å². The van der Waals surface area contributed by atoms with E-state index < -0.39 is 68.0 Å². The van der Waals surface area contributed by atoms with Crippen LogP contribution < -0.4 is 0 Å². The van der Waals surface area contributed by atoms with E-state index in [1.807, 2.05) is 121 Å². The lowest BCUT2D eigenvalue weighted by atomic mass is 9.97. The predicted molar refractivity (Wildman–Crippen MR) is 199 cm³/mol. The van der Waals surface area contributed by atoms with Gasteiger partial charge in [0.1, 0.15) is 48.8 Å². The first-order valence-corrected chi connectivity index (χ1v) is 18.3. The highest BCUT2D eigenvalue weighted by Crippen LogP contribution is 2.32. The first kappa shape index (κ1) is 39.9. The maximum Gasteiger partial charge on any atom is 0.187 e. The van der Waals surface area contributed by atoms with Crippen LogP contribution in [0.5, 0.6) is 0 Å². The Kier molecular flexibility index (Phi) is 15.3. The lowest BCUT2D eigenvalue weighted by molar-refractivity contribution is -0.343. The largest absolute Gasteiger partial charge is 0.394 e. The van der Waals surface area contributed by atoms with E-state index in [1.165, 1.54) is 0 Å². The highest BCUT2D eigenvalue weighted by atomic mass is 16.7. The van der Waals surface area contributed by atoms with Gasteiger partial charge in [-0.05, 0) is 22.3 Å². The molecule has 0 aromatic heterocycles. The van der Waals surface area contributed by atoms with Crippen LogP contribution in [0.2, 0.25) is 0 Å². The Morgan fingerprint density at radius 1 is 0.481 bits per heavy atom. The molecule has 0 aliphatic carbocycles. The summed E-state index contributed by atoms with van der Waals surface area (Å²) in [5.41, 5.74) is 3.64. The molecule has 2 aliphatic heterocycles. The number of rotatable bonds is 19. The lowest BCUT2D eigenvalue weighted by Gasteiger charge is -2.46. The molecule has 11 nitrogen and oxygen atoms in total. The third-order valence-electron chi connectivity index (χ3n) is 9.35. The van der Waals surface area contributed by atoms with Crippen LogP contribution >= 0.6 is 0 Å². The Balaban J connectivity index is 1.22. The fourth-order valence-electron chi connectivity index (χ4n) is 6.55. The molecule has 0 radical (unpaired) electrons. The van der Waals surface area contributed by atoms with E-state index >= 15 is 0 Å². The molecule has 4 aromatic carbocycles. The summed E-state index contributed by atoms with van der Waals surface area (Å²) in [6.07, 6.45) is -8.59. The molecule has 288 valence electrons. The van der Waals surface area contributed by atoms with Crippen LogP contribution in [0.15, 0.2) is 134 Å². The normalized spacial score (nSPS) is 28.4. The van der Waals surface area contributed by atoms with Crippen LogP contribution in [-0.2, 0) is 64.3 Å². The molecule has 4 aromatic rings. The van der Waals surface area contributed by atoms with Gasteiger partial charge in [0, 0.05) is 0 Å². The summed E-state index contributed by atoms with van der Waals surface area (Å²) in [6, 6.07) is 38.4. The van der Waals surface area contributed by atoms with E-state index in [0.29, 0.717) is 0 Å². The SMILES string of the molecule is C=CCO[C@H]1O[C@H](CO[C@H]2O[C@H](CO)[C@@H](OCc3ccccc3)[C@H](OCc3ccccc3)[C@@H]2O)[C@@H](OCc2ccccc2)[C@H](OCc2ccccc2)[C@@H]1O. The second-order valence-electron chi connectivity index (χ2n) is 13.2. The van der Waals surface area contributed by atoms with E-state index in [9.17, 15) is 15.3 Å². The van der Waals surface area contributed by atoms with Crippen molar-refractivity contribution in [3.8, 4) is 0 Å². The van der Waals surface area contributed by atoms with Crippen molar-refractivity contribution in [1.82, 2.24) is 0 Å². The first-order chi connectivity index (χ1) is 26.5. The van der Waals surface area contributed by atoms with Crippen LogP contribution in [0.4, 0.5) is 0 Å². The van der Waals surface area contributed by atoms with Crippen LogP contribution in [0, 0.1) is 0 Å². The van der Waals surface area contributed by atoms with Crippen molar-refractivity contribution in [2.24, 2.45) is 0 Å². The number of hydrogen-bond donors (Lipinski definition) is 3. The fourth-order valence-corrected chi connectivity index (χ4v) is 6.55. The van der Waals surface area contributed by atoms with Crippen LogP contribution in [0.25, 0.3) is 0 Å². The average molecular weight is 743 g/mol. The van der Waals surface area contributed by atoms with Gasteiger partial charge in [0.05, 0.1) is 46.2 Å². The quantitative estimate of drug-likeness (QED) is 0.115. The number of hydrogen-bond acceptors (Lipinski definition) is 11. The minimum Gasteiger partial charge on any atom is -0.394 e. The zero-order chi connectivity index (χ0) is 37.5.